The predicted molar refractivity (Wildman–Crippen MR) is 64.6 cm³/mol. The molecule has 1 heterocycles. The van der Waals surface area contributed by atoms with Crippen molar-refractivity contribution in [1.82, 2.24) is 5.43 Å². The number of thiophene rings is 1. The van der Waals surface area contributed by atoms with E-state index >= 15 is 0 Å². The lowest BCUT2D eigenvalue weighted by atomic mass is 9.74. The second kappa shape index (κ2) is 3.87. The van der Waals surface area contributed by atoms with Gasteiger partial charge in [0.2, 0.25) is 0 Å². The standard InChI is InChI=1S/C12H12N2OS/c15-12(11-5-2-6-16-11)14-13-10-7-8-3-1-4-9(8)10/h1-3,5-6,8-9H,4,7H2,(H,14,15)/b13-10-/t8-,9-/m1/s1. The minimum atomic E-state index is -0.100. The molecule has 0 saturated heterocycles. The van der Waals surface area contributed by atoms with Crippen LogP contribution in [0, 0.1) is 11.8 Å². The van der Waals surface area contributed by atoms with Crippen LogP contribution in [0.5, 0.6) is 0 Å². The van der Waals surface area contributed by atoms with E-state index in [2.05, 4.69) is 22.7 Å². The maximum Gasteiger partial charge on any atom is 0.281 e. The highest BCUT2D eigenvalue weighted by Gasteiger charge is 2.37. The Kier molecular flexibility index (Phi) is 2.36. The summed E-state index contributed by atoms with van der Waals surface area (Å²) in [5.41, 5.74) is 3.77. The molecule has 0 spiro atoms. The third-order valence-electron chi connectivity index (χ3n) is 3.21. The Morgan fingerprint density at radius 1 is 1.56 bits per heavy atom. The number of hydrogen-bond acceptors (Lipinski definition) is 3. The molecule has 1 N–H and O–H groups in total. The number of hydrazone groups is 1. The second-order valence-corrected chi connectivity index (χ2v) is 5.11. The van der Waals surface area contributed by atoms with Crippen molar-refractivity contribution in [2.45, 2.75) is 12.8 Å². The Morgan fingerprint density at radius 3 is 3.25 bits per heavy atom. The number of nitrogens with zero attached hydrogens (tertiary/aromatic N) is 1. The molecule has 0 aliphatic heterocycles. The SMILES string of the molecule is O=C(N/N=C1/C[C@H]2C=CC[C@@H]12)c1cccs1. The maximum absolute atomic E-state index is 11.6. The quantitative estimate of drug-likeness (QED) is 0.617. The van der Waals surface area contributed by atoms with Crippen molar-refractivity contribution in [3.05, 3.63) is 34.5 Å². The Morgan fingerprint density at radius 2 is 2.50 bits per heavy atom. The molecule has 1 fully saturated rings. The van der Waals surface area contributed by atoms with Crippen LogP contribution in [0.15, 0.2) is 34.8 Å². The molecule has 82 valence electrons. The Labute approximate surface area is 97.9 Å². The first-order chi connectivity index (χ1) is 7.84. The van der Waals surface area contributed by atoms with E-state index in [4.69, 9.17) is 0 Å². The number of carbonyl (C=O) groups is 1. The van der Waals surface area contributed by atoms with Gasteiger partial charge in [-0.05, 0) is 30.2 Å². The van der Waals surface area contributed by atoms with Crippen molar-refractivity contribution < 1.29 is 4.79 Å². The summed E-state index contributed by atoms with van der Waals surface area (Å²) in [5, 5.41) is 6.10. The Hall–Kier alpha value is -1.42. The molecule has 0 aromatic carbocycles. The zero-order valence-electron chi connectivity index (χ0n) is 8.72. The van der Waals surface area contributed by atoms with Crippen LogP contribution >= 0.6 is 11.3 Å². The van der Waals surface area contributed by atoms with Gasteiger partial charge in [-0.25, -0.2) is 5.43 Å². The molecule has 16 heavy (non-hydrogen) atoms. The van der Waals surface area contributed by atoms with Gasteiger partial charge in [-0.15, -0.1) is 11.3 Å². The molecule has 2 aliphatic carbocycles. The first-order valence-electron chi connectivity index (χ1n) is 5.41. The number of rotatable bonds is 2. The lowest BCUT2D eigenvalue weighted by molar-refractivity contribution is 0.0958. The van der Waals surface area contributed by atoms with E-state index < -0.39 is 0 Å². The molecule has 1 aromatic rings. The highest BCUT2D eigenvalue weighted by atomic mass is 32.1. The lowest BCUT2D eigenvalue weighted by Gasteiger charge is -2.31. The molecular weight excluding hydrogens is 220 g/mol. The van der Waals surface area contributed by atoms with E-state index in [0.29, 0.717) is 16.7 Å². The summed E-state index contributed by atoms with van der Waals surface area (Å²) in [6.45, 7) is 0. The van der Waals surface area contributed by atoms with E-state index in [1.807, 2.05) is 11.4 Å². The van der Waals surface area contributed by atoms with Crippen LogP contribution in [0.2, 0.25) is 0 Å². The maximum atomic E-state index is 11.6. The van der Waals surface area contributed by atoms with Crippen LogP contribution in [-0.4, -0.2) is 11.6 Å². The summed E-state index contributed by atoms with van der Waals surface area (Å²) in [6, 6.07) is 3.67. The van der Waals surface area contributed by atoms with E-state index in [0.717, 1.165) is 18.6 Å². The normalized spacial score (nSPS) is 28.9. The summed E-state index contributed by atoms with van der Waals surface area (Å²) >= 11 is 1.43. The molecule has 0 bridgehead atoms. The Bertz CT molecular complexity index is 461. The highest BCUT2D eigenvalue weighted by Crippen LogP contribution is 2.40. The molecule has 3 nitrogen and oxygen atoms in total. The number of fused-ring (bicyclic) bond motifs is 1. The minimum absolute atomic E-state index is 0.100. The van der Waals surface area contributed by atoms with Crippen LogP contribution in [0.25, 0.3) is 0 Å². The van der Waals surface area contributed by atoms with Gasteiger partial charge in [0, 0.05) is 11.6 Å². The minimum Gasteiger partial charge on any atom is -0.266 e. The van der Waals surface area contributed by atoms with Crippen molar-refractivity contribution in [3.63, 3.8) is 0 Å². The topological polar surface area (TPSA) is 41.5 Å². The highest BCUT2D eigenvalue weighted by molar-refractivity contribution is 7.12. The number of hydrogen-bond donors (Lipinski definition) is 1. The molecule has 0 radical (unpaired) electrons. The van der Waals surface area contributed by atoms with Gasteiger partial charge in [0.05, 0.1) is 4.88 Å². The predicted octanol–water partition coefficient (Wildman–Crippen LogP) is 2.43. The fourth-order valence-corrected chi connectivity index (χ4v) is 2.86. The third kappa shape index (κ3) is 1.59. The van der Waals surface area contributed by atoms with E-state index in [-0.39, 0.29) is 5.91 Å². The summed E-state index contributed by atoms with van der Waals surface area (Å²) in [5.74, 6) is 1.14. The van der Waals surface area contributed by atoms with E-state index in [9.17, 15) is 4.79 Å². The number of amides is 1. The van der Waals surface area contributed by atoms with Crippen LogP contribution in [-0.2, 0) is 0 Å². The Balaban J connectivity index is 1.61. The zero-order chi connectivity index (χ0) is 11.0. The fourth-order valence-electron chi connectivity index (χ4n) is 2.25. The zero-order valence-corrected chi connectivity index (χ0v) is 9.54. The average molecular weight is 232 g/mol. The van der Waals surface area contributed by atoms with Crippen molar-refractivity contribution in [2.75, 3.05) is 0 Å². The largest absolute Gasteiger partial charge is 0.281 e. The average Bonchev–Trinajstić information content (AvgIpc) is 2.88. The molecule has 1 saturated carbocycles. The van der Waals surface area contributed by atoms with Gasteiger partial charge in [-0.3, -0.25) is 4.79 Å². The summed E-state index contributed by atoms with van der Waals surface area (Å²) < 4.78 is 0. The van der Waals surface area contributed by atoms with Crippen molar-refractivity contribution in [3.8, 4) is 0 Å². The van der Waals surface area contributed by atoms with E-state index in [1.165, 1.54) is 11.3 Å². The van der Waals surface area contributed by atoms with Gasteiger partial charge in [0.1, 0.15) is 0 Å². The summed E-state index contributed by atoms with van der Waals surface area (Å²) in [6.07, 6.45) is 6.55. The molecule has 2 atom stereocenters. The lowest BCUT2D eigenvalue weighted by Crippen LogP contribution is -2.35. The van der Waals surface area contributed by atoms with Gasteiger partial charge in [0.25, 0.3) is 5.91 Å². The second-order valence-electron chi connectivity index (χ2n) is 4.16. The molecule has 2 aliphatic rings. The first-order valence-corrected chi connectivity index (χ1v) is 6.29. The van der Waals surface area contributed by atoms with Gasteiger partial charge in [-0.2, -0.15) is 5.10 Å². The number of allylic oxidation sites excluding steroid dienone is 2. The number of carbonyl (C=O) groups excluding carboxylic acids is 1. The van der Waals surface area contributed by atoms with Gasteiger partial charge in [0.15, 0.2) is 0 Å². The molecule has 0 unspecified atom stereocenters. The molecule has 1 amide bonds. The van der Waals surface area contributed by atoms with Crippen LogP contribution in [0.1, 0.15) is 22.5 Å². The van der Waals surface area contributed by atoms with Crippen LogP contribution < -0.4 is 5.43 Å². The molecule has 1 aromatic heterocycles. The number of nitrogens with one attached hydrogen (secondary N) is 1. The third-order valence-corrected chi connectivity index (χ3v) is 4.08. The van der Waals surface area contributed by atoms with Crippen molar-refractivity contribution in [2.24, 2.45) is 16.9 Å². The summed E-state index contributed by atoms with van der Waals surface area (Å²) in [4.78, 5) is 12.3. The molecule has 3 rings (SSSR count). The van der Waals surface area contributed by atoms with Crippen LogP contribution in [0.3, 0.4) is 0 Å². The summed E-state index contributed by atoms with van der Waals surface area (Å²) in [7, 11) is 0. The van der Waals surface area contributed by atoms with Gasteiger partial charge in [-0.1, -0.05) is 18.2 Å². The molecule has 4 heteroatoms. The van der Waals surface area contributed by atoms with Crippen molar-refractivity contribution >= 4 is 23.0 Å². The van der Waals surface area contributed by atoms with Crippen molar-refractivity contribution in [1.29, 1.82) is 0 Å². The van der Waals surface area contributed by atoms with Crippen LogP contribution in [0.4, 0.5) is 0 Å². The van der Waals surface area contributed by atoms with E-state index in [1.54, 1.807) is 6.07 Å². The van der Waals surface area contributed by atoms with Gasteiger partial charge < -0.3 is 0 Å². The monoisotopic (exact) mass is 232 g/mol. The van der Waals surface area contributed by atoms with Gasteiger partial charge >= 0.3 is 0 Å². The smallest absolute Gasteiger partial charge is 0.266 e. The molecular formula is C12H12N2OS. The first kappa shape index (κ1) is 9.78. The fraction of sp³-hybridized carbons (Fsp3) is 0.333.